The minimum absolute atomic E-state index is 0.0806. The summed E-state index contributed by atoms with van der Waals surface area (Å²) < 4.78 is 3.02. The normalized spacial score (nSPS) is 13.6. The Kier molecular flexibility index (Phi) is 5.55. The van der Waals surface area contributed by atoms with Gasteiger partial charge < -0.3 is 14.8 Å². The average Bonchev–Trinajstić information content (AvgIpc) is 3.26. The summed E-state index contributed by atoms with van der Waals surface area (Å²) in [7, 11) is 0. The van der Waals surface area contributed by atoms with E-state index in [1.54, 1.807) is 11.3 Å². The molecule has 7 heteroatoms. The van der Waals surface area contributed by atoms with E-state index in [1.807, 2.05) is 40.7 Å². The number of nitrogens with zero attached hydrogens (tertiary/aromatic N) is 2. The summed E-state index contributed by atoms with van der Waals surface area (Å²) in [6.07, 6.45) is 1.26. The van der Waals surface area contributed by atoms with Crippen LogP contribution in [0.1, 0.15) is 22.6 Å². The fraction of sp³-hybridized carbons (Fsp3) is 0.333. The van der Waals surface area contributed by atoms with Gasteiger partial charge in [-0.25, -0.2) is 0 Å². The highest BCUT2D eigenvalue weighted by atomic mass is 79.9. The molecule has 2 aromatic heterocycles. The SMILES string of the molecule is Cc1c(Br)c2ccccc2n1CC(=O)NCCC(=O)N1CCc2sccc2C1. The van der Waals surface area contributed by atoms with Crippen molar-refractivity contribution in [3.63, 3.8) is 0 Å². The topological polar surface area (TPSA) is 54.3 Å². The molecule has 1 aliphatic rings. The molecule has 0 spiro atoms. The van der Waals surface area contributed by atoms with Gasteiger partial charge in [-0.1, -0.05) is 18.2 Å². The number of halogens is 1. The number of aromatic nitrogens is 1. The quantitative estimate of drug-likeness (QED) is 0.629. The second kappa shape index (κ2) is 8.09. The molecule has 1 aromatic carbocycles. The zero-order valence-corrected chi connectivity index (χ0v) is 18.1. The van der Waals surface area contributed by atoms with Crippen LogP contribution in [0.5, 0.6) is 0 Å². The van der Waals surface area contributed by atoms with Crippen molar-refractivity contribution in [3.8, 4) is 0 Å². The van der Waals surface area contributed by atoms with Crippen LogP contribution in [0.3, 0.4) is 0 Å². The van der Waals surface area contributed by atoms with Crippen molar-refractivity contribution in [2.45, 2.75) is 32.9 Å². The number of nitrogens with one attached hydrogen (secondary N) is 1. The zero-order valence-electron chi connectivity index (χ0n) is 15.7. The number of para-hydroxylation sites is 1. The van der Waals surface area contributed by atoms with Gasteiger partial charge >= 0.3 is 0 Å². The molecule has 0 atom stereocenters. The molecular weight excluding hydrogens is 438 g/mol. The van der Waals surface area contributed by atoms with E-state index in [2.05, 4.69) is 32.7 Å². The lowest BCUT2D eigenvalue weighted by Gasteiger charge is -2.27. The molecule has 0 fully saturated rings. The Labute approximate surface area is 176 Å². The van der Waals surface area contributed by atoms with Crippen LogP contribution in [0.15, 0.2) is 40.2 Å². The van der Waals surface area contributed by atoms with E-state index >= 15 is 0 Å². The summed E-state index contributed by atoms with van der Waals surface area (Å²) in [5, 5.41) is 6.08. The van der Waals surface area contributed by atoms with E-state index in [9.17, 15) is 9.59 Å². The van der Waals surface area contributed by atoms with Gasteiger partial charge in [0.1, 0.15) is 6.54 Å². The number of benzene rings is 1. The summed E-state index contributed by atoms with van der Waals surface area (Å²) in [6, 6.07) is 10.1. The van der Waals surface area contributed by atoms with E-state index in [0.717, 1.165) is 34.0 Å². The summed E-state index contributed by atoms with van der Waals surface area (Å²) >= 11 is 5.38. The molecule has 0 radical (unpaired) electrons. The van der Waals surface area contributed by atoms with Crippen molar-refractivity contribution in [3.05, 3.63) is 56.3 Å². The number of rotatable bonds is 5. The summed E-state index contributed by atoms with van der Waals surface area (Å²) in [5.41, 5.74) is 3.31. The zero-order chi connectivity index (χ0) is 19.7. The van der Waals surface area contributed by atoms with Crippen molar-refractivity contribution >= 4 is 50.0 Å². The lowest BCUT2D eigenvalue weighted by atomic mass is 10.1. The summed E-state index contributed by atoms with van der Waals surface area (Å²) in [6.45, 7) is 4.06. The minimum atomic E-state index is -0.0806. The first-order chi connectivity index (χ1) is 13.5. The Morgan fingerprint density at radius 3 is 2.93 bits per heavy atom. The lowest BCUT2D eigenvalue weighted by Crippen LogP contribution is -2.38. The second-order valence-corrected chi connectivity index (χ2v) is 8.83. The van der Waals surface area contributed by atoms with E-state index in [4.69, 9.17) is 0 Å². The fourth-order valence-electron chi connectivity index (χ4n) is 3.72. The predicted octanol–water partition coefficient (Wildman–Crippen LogP) is 3.86. The van der Waals surface area contributed by atoms with Crippen LogP contribution >= 0.6 is 27.3 Å². The Balaban J connectivity index is 1.31. The summed E-state index contributed by atoms with van der Waals surface area (Å²) in [4.78, 5) is 28.2. The smallest absolute Gasteiger partial charge is 0.239 e. The molecule has 0 saturated carbocycles. The number of carbonyl (C=O) groups excluding carboxylic acids is 2. The molecule has 1 aliphatic heterocycles. The third kappa shape index (κ3) is 3.73. The monoisotopic (exact) mass is 459 g/mol. The molecular formula is C21H22BrN3O2S. The minimum Gasteiger partial charge on any atom is -0.354 e. The van der Waals surface area contributed by atoms with Gasteiger partial charge in [-0.3, -0.25) is 9.59 Å². The molecule has 1 N–H and O–H groups in total. The molecule has 2 amide bonds. The molecule has 3 aromatic rings. The Morgan fingerprint density at radius 1 is 1.25 bits per heavy atom. The molecule has 0 bridgehead atoms. The lowest BCUT2D eigenvalue weighted by molar-refractivity contribution is -0.132. The van der Waals surface area contributed by atoms with Crippen LogP contribution in [-0.4, -0.2) is 34.4 Å². The molecule has 3 heterocycles. The van der Waals surface area contributed by atoms with Crippen molar-refractivity contribution in [1.82, 2.24) is 14.8 Å². The maximum absolute atomic E-state index is 12.5. The number of amides is 2. The van der Waals surface area contributed by atoms with E-state index in [1.165, 1.54) is 10.4 Å². The van der Waals surface area contributed by atoms with Crippen molar-refractivity contribution < 1.29 is 9.59 Å². The standard InChI is InChI=1S/C21H22BrN3O2S/c1-14-21(22)16-4-2-3-5-17(16)25(14)13-19(26)23-9-6-20(27)24-10-7-18-15(12-24)8-11-28-18/h2-5,8,11H,6-7,9-10,12-13H2,1H3,(H,23,26). The van der Waals surface area contributed by atoms with Gasteiger partial charge in [0.05, 0.1) is 0 Å². The Morgan fingerprint density at radius 2 is 2.07 bits per heavy atom. The molecule has 146 valence electrons. The number of fused-ring (bicyclic) bond motifs is 2. The van der Waals surface area contributed by atoms with Gasteiger partial charge in [-0.2, -0.15) is 0 Å². The maximum Gasteiger partial charge on any atom is 0.239 e. The highest BCUT2D eigenvalue weighted by Gasteiger charge is 2.21. The van der Waals surface area contributed by atoms with Crippen molar-refractivity contribution in [2.24, 2.45) is 0 Å². The first-order valence-corrected chi connectivity index (χ1v) is 11.0. The van der Waals surface area contributed by atoms with Gasteiger partial charge in [0.2, 0.25) is 11.8 Å². The van der Waals surface area contributed by atoms with Crippen molar-refractivity contribution in [2.75, 3.05) is 13.1 Å². The van der Waals surface area contributed by atoms with Crippen LogP contribution in [0.2, 0.25) is 0 Å². The number of thiophene rings is 1. The molecule has 0 aliphatic carbocycles. The maximum atomic E-state index is 12.5. The van der Waals surface area contributed by atoms with E-state index in [0.29, 0.717) is 19.5 Å². The van der Waals surface area contributed by atoms with Gasteiger partial charge in [0.15, 0.2) is 0 Å². The third-order valence-corrected chi connectivity index (χ3v) is 7.30. The van der Waals surface area contributed by atoms with Crippen LogP contribution in [-0.2, 0) is 29.1 Å². The average molecular weight is 460 g/mol. The third-order valence-electron chi connectivity index (χ3n) is 5.28. The molecule has 4 rings (SSSR count). The number of hydrogen-bond acceptors (Lipinski definition) is 3. The largest absolute Gasteiger partial charge is 0.354 e. The molecule has 0 unspecified atom stereocenters. The van der Waals surface area contributed by atoms with Crippen molar-refractivity contribution in [1.29, 1.82) is 0 Å². The van der Waals surface area contributed by atoms with E-state index in [-0.39, 0.29) is 18.4 Å². The summed E-state index contributed by atoms with van der Waals surface area (Å²) in [5.74, 6) is 0.0189. The van der Waals surface area contributed by atoms with Crippen LogP contribution in [0, 0.1) is 6.92 Å². The van der Waals surface area contributed by atoms with Crippen LogP contribution < -0.4 is 5.32 Å². The van der Waals surface area contributed by atoms with Gasteiger partial charge in [-0.05, 0) is 52.4 Å². The number of carbonyl (C=O) groups is 2. The highest BCUT2D eigenvalue weighted by Crippen LogP contribution is 2.30. The Hall–Kier alpha value is -2.12. The van der Waals surface area contributed by atoms with Crippen LogP contribution in [0.25, 0.3) is 10.9 Å². The second-order valence-electron chi connectivity index (χ2n) is 7.04. The Bertz CT molecular complexity index is 1040. The first kappa shape index (κ1) is 19.2. The van der Waals surface area contributed by atoms with Gasteiger partial charge in [-0.15, -0.1) is 11.3 Å². The first-order valence-electron chi connectivity index (χ1n) is 9.37. The molecule has 0 saturated heterocycles. The van der Waals surface area contributed by atoms with Gasteiger partial charge in [0.25, 0.3) is 0 Å². The van der Waals surface area contributed by atoms with E-state index < -0.39 is 0 Å². The number of hydrogen-bond donors (Lipinski definition) is 1. The van der Waals surface area contributed by atoms with Gasteiger partial charge in [0, 0.05) is 52.0 Å². The fourth-order valence-corrected chi connectivity index (χ4v) is 5.16. The van der Waals surface area contributed by atoms with Crippen LogP contribution in [0.4, 0.5) is 0 Å². The molecule has 5 nitrogen and oxygen atoms in total. The molecule has 28 heavy (non-hydrogen) atoms. The highest BCUT2D eigenvalue weighted by molar-refractivity contribution is 9.10. The predicted molar refractivity (Wildman–Crippen MR) is 115 cm³/mol.